The molecule has 1 amide bonds. The summed E-state index contributed by atoms with van der Waals surface area (Å²) >= 11 is 0. The Morgan fingerprint density at radius 1 is 1.23 bits per heavy atom. The maximum atomic E-state index is 12.1. The van der Waals surface area contributed by atoms with E-state index in [1.807, 2.05) is 13.8 Å². The van der Waals surface area contributed by atoms with Gasteiger partial charge >= 0.3 is 5.97 Å². The SMILES string of the molecule is CCC(CC)CNC(=O)c1cc(C(=O)OC)cc([N+](=O)[O-])c1. The number of nitrogens with one attached hydrogen (secondary N) is 1. The maximum Gasteiger partial charge on any atom is 0.338 e. The van der Waals surface area contributed by atoms with E-state index in [9.17, 15) is 19.7 Å². The largest absolute Gasteiger partial charge is 0.465 e. The number of nitrogens with zero attached hydrogens (tertiary/aromatic N) is 1. The van der Waals surface area contributed by atoms with Gasteiger partial charge in [0.15, 0.2) is 0 Å². The normalized spacial score (nSPS) is 10.4. The van der Waals surface area contributed by atoms with Crippen LogP contribution >= 0.6 is 0 Å². The third-order valence-corrected chi connectivity index (χ3v) is 3.52. The molecular formula is C15H20N2O5. The lowest BCUT2D eigenvalue weighted by Crippen LogP contribution is -2.29. The molecular weight excluding hydrogens is 288 g/mol. The number of nitro benzene ring substituents is 1. The van der Waals surface area contributed by atoms with Crippen LogP contribution in [0.15, 0.2) is 18.2 Å². The monoisotopic (exact) mass is 308 g/mol. The first-order valence-electron chi connectivity index (χ1n) is 7.08. The fourth-order valence-electron chi connectivity index (χ4n) is 2.00. The van der Waals surface area contributed by atoms with Crippen LogP contribution in [0.5, 0.6) is 0 Å². The molecule has 0 aromatic heterocycles. The van der Waals surface area contributed by atoms with Crippen LogP contribution in [-0.2, 0) is 4.74 Å². The molecule has 22 heavy (non-hydrogen) atoms. The van der Waals surface area contributed by atoms with Crippen molar-refractivity contribution < 1.29 is 19.2 Å². The van der Waals surface area contributed by atoms with Crippen molar-refractivity contribution in [3.63, 3.8) is 0 Å². The van der Waals surface area contributed by atoms with Gasteiger partial charge in [0.25, 0.3) is 11.6 Å². The van der Waals surface area contributed by atoms with E-state index in [0.717, 1.165) is 25.0 Å². The summed E-state index contributed by atoms with van der Waals surface area (Å²) in [6.45, 7) is 4.55. The molecule has 0 spiro atoms. The second kappa shape index (κ2) is 8.11. The van der Waals surface area contributed by atoms with E-state index in [1.165, 1.54) is 13.2 Å². The van der Waals surface area contributed by atoms with E-state index in [4.69, 9.17) is 0 Å². The van der Waals surface area contributed by atoms with Crippen LogP contribution in [0.4, 0.5) is 5.69 Å². The summed E-state index contributed by atoms with van der Waals surface area (Å²) in [5.74, 6) is -0.818. The summed E-state index contributed by atoms with van der Waals surface area (Å²) < 4.78 is 4.55. The van der Waals surface area contributed by atoms with Gasteiger partial charge in [0.2, 0.25) is 0 Å². The number of hydrogen-bond acceptors (Lipinski definition) is 5. The van der Waals surface area contributed by atoms with Crippen LogP contribution in [-0.4, -0.2) is 30.5 Å². The number of carbonyl (C=O) groups excluding carboxylic acids is 2. The Labute approximate surface area is 128 Å². The van der Waals surface area contributed by atoms with E-state index in [0.29, 0.717) is 12.5 Å². The average molecular weight is 308 g/mol. The number of non-ortho nitro benzene ring substituents is 1. The van der Waals surface area contributed by atoms with Crippen LogP contribution in [0.2, 0.25) is 0 Å². The van der Waals surface area contributed by atoms with Crippen molar-refractivity contribution in [1.29, 1.82) is 0 Å². The number of ether oxygens (including phenoxy) is 1. The van der Waals surface area contributed by atoms with Crippen LogP contribution in [0.3, 0.4) is 0 Å². The highest BCUT2D eigenvalue weighted by Crippen LogP contribution is 2.18. The summed E-state index contributed by atoms with van der Waals surface area (Å²) in [5, 5.41) is 13.7. The van der Waals surface area contributed by atoms with Crippen LogP contribution < -0.4 is 5.32 Å². The van der Waals surface area contributed by atoms with Crippen molar-refractivity contribution in [2.45, 2.75) is 26.7 Å². The van der Waals surface area contributed by atoms with Gasteiger partial charge in [0.05, 0.1) is 17.6 Å². The third-order valence-electron chi connectivity index (χ3n) is 3.52. The van der Waals surface area contributed by atoms with Crippen molar-refractivity contribution in [1.82, 2.24) is 5.32 Å². The number of esters is 1. The Morgan fingerprint density at radius 3 is 2.32 bits per heavy atom. The number of carbonyl (C=O) groups is 2. The quantitative estimate of drug-likeness (QED) is 0.474. The van der Waals surface area contributed by atoms with E-state index in [1.54, 1.807) is 0 Å². The lowest BCUT2D eigenvalue weighted by atomic mass is 10.0. The topological polar surface area (TPSA) is 98.5 Å². The molecule has 1 N–H and O–H groups in total. The third kappa shape index (κ3) is 4.54. The zero-order valence-corrected chi connectivity index (χ0v) is 12.9. The molecule has 0 heterocycles. The standard InChI is InChI=1S/C15H20N2O5/c1-4-10(5-2)9-16-14(18)11-6-12(15(19)22-3)8-13(7-11)17(20)21/h6-8,10H,4-5,9H2,1-3H3,(H,16,18). The predicted molar refractivity (Wildman–Crippen MR) is 80.8 cm³/mol. The number of benzene rings is 1. The molecule has 0 saturated heterocycles. The molecule has 1 aromatic rings. The number of methoxy groups -OCH3 is 1. The minimum absolute atomic E-state index is 0.0237. The van der Waals surface area contributed by atoms with Gasteiger partial charge in [-0.05, 0) is 12.0 Å². The lowest BCUT2D eigenvalue weighted by molar-refractivity contribution is -0.384. The Kier molecular flexibility index (Phi) is 6.49. The first kappa shape index (κ1) is 17.6. The highest BCUT2D eigenvalue weighted by Gasteiger charge is 2.18. The number of hydrogen-bond donors (Lipinski definition) is 1. The first-order chi connectivity index (χ1) is 10.4. The number of rotatable bonds is 7. The van der Waals surface area contributed by atoms with E-state index < -0.39 is 16.8 Å². The Morgan fingerprint density at radius 2 is 1.82 bits per heavy atom. The molecule has 1 rings (SSSR count). The molecule has 1 aromatic carbocycles. The van der Waals surface area contributed by atoms with Crippen LogP contribution in [0, 0.1) is 16.0 Å². The van der Waals surface area contributed by atoms with Gasteiger partial charge in [-0.3, -0.25) is 14.9 Å². The summed E-state index contributed by atoms with van der Waals surface area (Å²) in [4.78, 5) is 33.9. The molecule has 0 aliphatic heterocycles. The second-order valence-electron chi connectivity index (χ2n) is 4.91. The van der Waals surface area contributed by atoms with Gasteiger partial charge in [0.1, 0.15) is 0 Å². The van der Waals surface area contributed by atoms with Crippen LogP contribution in [0.25, 0.3) is 0 Å². The van der Waals surface area contributed by atoms with Gasteiger partial charge < -0.3 is 10.1 Å². The van der Waals surface area contributed by atoms with Crippen molar-refractivity contribution in [2.24, 2.45) is 5.92 Å². The first-order valence-corrected chi connectivity index (χ1v) is 7.08. The fourth-order valence-corrected chi connectivity index (χ4v) is 2.00. The van der Waals surface area contributed by atoms with E-state index in [-0.39, 0.29) is 16.8 Å². The minimum atomic E-state index is -0.724. The Balaban J connectivity index is 3.01. The zero-order chi connectivity index (χ0) is 16.7. The highest BCUT2D eigenvalue weighted by atomic mass is 16.6. The maximum absolute atomic E-state index is 12.1. The number of amides is 1. The molecule has 0 aliphatic carbocycles. The Bertz CT molecular complexity index is 567. The van der Waals surface area contributed by atoms with Gasteiger partial charge in [-0.1, -0.05) is 26.7 Å². The molecule has 7 heteroatoms. The summed E-state index contributed by atoms with van der Waals surface area (Å²) in [6.07, 6.45) is 1.86. The zero-order valence-electron chi connectivity index (χ0n) is 12.9. The molecule has 0 unspecified atom stereocenters. The minimum Gasteiger partial charge on any atom is -0.465 e. The van der Waals surface area contributed by atoms with Crippen molar-refractivity contribution in [3.05, 3.63) is 39.4 Å². The van der Waals surface area contributed by atoms with Gasteiger partial charge in [-0.25, -0.2) is 4.79 Å². The summed E-state index contributed by atoms with van der Waals surface area (Å²) in [5.41, 5.74) is -0.277. The molecule has 7 nitrogen and oxygen atoms in total. The molecule has 0 radical (unpaired) electrons. The van der Waals surface area contributed by atoms with E-state index in [2.05, 4.69) is 10.1 Å². The lowest BCUT2D eigenvalue weighted by Gasteiger charge is -2.13. The second-order valence-corrected chi connectivity index (χ2v) is 4.91. The summed E-state index contributed by atoms with van der Waals surface area (Å²) in [6, 6.07) is 3.53. The molecule has 0 saturated carbocycles. The van der Waals surface area contributed by atoms with Crippen LogP contribution in [0.1, 0.15) is 47.4 Å². The molecule has 0 atom stereocenters. The smallest absolute Gasteiger partial charge is 0.338 e. The van der Waals surface area contributed by atoms with Gasteiger partial charge in [-0.2, -0.15) is 0 Å². The van der Waals surface area contributed by atoms with Crippen molar-refractivity contribution in [2.75, 3.05) is 13.7 Å². The molecule has 0 aliphatic rings. The van der Waals surface area contributed by atoms with Crippen molar-refractivity contribution in [3.8, 4) is 0 Å². The highest BCUT2D eigenvalue weighted by molar-refractivity contribution is 5.98. The average Bonchev–Trinajstić information content (AvgIpc) is 2.54. The Hall–Kier alpha value is -2.44. The molecule has 0 fully saturated rings. The molecule has 120 valence electrons. The van der Waals surface area contributed by atoms with Crippen molar-refractivity contribution >= 4 is 17.6 Å². The number of nitro groups is 1. The predicted octanol–water partition coefficient (Wildman–Crippen LogP) is 2.55. The van der Waals surface area contributed by atoms with E-state index >= 15 is 0 Å². The van der Waals surface area contributed by atoms with Gasteiger partial charge in [-0.15, -0.1) is 0 Å². The van der Waals surface area contributed by atoms with Gasteiger partial charge in [0, 0.05) is 24.2 Å². The molecule has 0 bridgehead atoms. The summed E-state index contributed by atoms with van der Waals surface area (Å²) in [7, 11) is 1.17. The fraction of sp³-hybridized carbons (Fsp3) is 0.467.